The Morgan fingerprint density at radius 1 is 1.37 bits per heavy atom. The lowest BCUT2D eigenvalue weighted by Crippen LogP contribution is -2.71. The maximum absolute atomic E-state index is 12.7. The van der Waals surface area contributed by atoms with Gasteiger partial charge in [0.05, 0.1) is 24.8 Å². The Balaban J connectivity index is 1.77. The van der Waals surface area contributed by atoms with Crippen LogP contribution in [0.2, 0.25) is 0 Å². The largest absolute Gasteiger partial charge is 0.498 e. The molecule has 0 aliphatic carbocycles. The van der Waals surface area contributed by atoms with Crippen LogP contribution in [0.4, 0.5) is 5.69 Å². The molecule has 2 heterocycles. The van der Waals surface area contributed by atoms with Gasteiger partial charge in [0.25, 0.3) is 5.91 Å². The number of hydrogen-bond donors (Lipinski definition) is 4. The summed E-state index contributed by atoms with van der Waals surface area (Å²) in [5.41, 5.74) is 6.15. The molecule has 1 unspecified atom stereocenters. The molecule has 0 spiro atoms. The van der Waals surface area contributed by atoms with Crippen molar-refractivity contribution in [2.75, 3.05) is 23.8 Å². The molecule has 3 rings (SSSR count). The van der Waals surface area contributed by atoms with Crippen LogP contribution >= 0.6 is 11.8 Å². The minimum atomic E-state index is -3.60. The molecule has 2 aliphatic heterocycles. The van der Waals surface area contributed by atoms with Gasteiger partial charge in [-0.25, -0.2) is 13.2 Å². The van der Waals surface area contributed by atoms with E-state index >= 15 is 0 Å². The van der Waals surface area contributed by atoms with Gasteiger partial charge < -0.3 is 20.9 Å². The van der Waals surface area contributed by atoms with E-state index in [1.54, 1.807) is 12.1 Å². The molecule has 1 aromatic rings. The molecule has 1 aromatic carbocycles. The van der Waals surface area contributed by atoms with Gasteiger partial charge in [0, 0.05) is 5.56 Å². The smallest absolute Gasteiger partial charge is 0.356 e. The first-order valence-corrected chi connectivity index (χ1v) is 11.6. The molecule has 30 heavy (non-hydrogen) atoms. The van der Waals surface area contributed by atoms with Crippen LogP contribution in [0.3, 0.4) is 0 Å². The monoisotopic (exact) mass is 456 g/mol. The highest BCUT2D eigenvalue weighted by Gasteiger charge is 2.55. The highest BCUT2D eigenvalue weighted by molar-refractivity contribution is 8.00. The van der Waals surface area contributed by atoms with Gasteiger partial charge in [0.15, 0.2) is 5.70 Å². The second-order valence-corrected chi connectivity index (χ2v) is 9.47. The predicted molar refractivity (Wildman–Crippen MR) is 109 cm³/mol. The summed E-state index contributed by atoms with van der Waals surface area (Å²) in [6.45, 7) is 0. The number of nitrogens with one attached hydrogen (secondary N) is 2. The van der Waals surface area contributed by atoms with E-state index in [1.807, 2.05) is 0 Å². The Kier molecular flexibility index (Phi) is 5.97. The average Bonchev–Trinajstić information content (AvgIpc) is 2.69. The highest BCUT2D eigenvalue weighted by Crippen LogP contribution is 2.40. The number of hydrogen-bond acceptors (Lipinski definition) is 8. The number of para-hydroxylation sites is 1. The molecule has 0 saturated carbocycles. The molecule has 0 aromatic heterocycles. The van der Waals surface area contributed by atoms with Crippen molar-refractivity contribution in [3.63, 3.8) is 0 Å². The minimum absolute atomic E-state index is 0.150. The fraction of sp³-hybridized carbons (Fsp3) is 0.353. The molecule has 5 N–H and O–H groups in total. The fourth-order valence-electron chi connectivity index (χ4n) is 3.19. The SMILES string of the molecule is COC1=C(C(=O)O)N2C(=O)[C@@H](NC(=O)C(N)c3ccccc3NS(C)(=O)=O)[C@@H]2SC1. The first-order valence-electron chi connectivity index (χ1n) is 8.63. The third-order valence-electron chi connectivity index (χ3n) is 4.55. The van der Waals surface area contributed by atoms with E-state index in [4.69, 9.17) is 10.5 Å². The van der Waals surface area contributed by atoms with Crippen LogP contribution in [0.15, 0.2) is 35.7 Å². The van der Waals surface area contributed by atoms with Gasteiger partial charge >= 0.3 is 5.97 Å². The van der Waals surface area contributed by atoms with E-state index in [0.717, 1.165) is 11.2 Å². The van der Waals surface area contributed by atoms with E-state index in [2.05, 4.69) is 10.0 Å². The van der Waals surface area contributed by atoms with Crippen LogP contribution in [-0.4, -0.2) is 66.7 Å². The molecule has 1 fully saturated rings. The highest BCUT2D eigenvalue weighted by atomic mass is 32.2. The van der Waals surface area contributed by atoms with Crippen molar-refractivity contribution in [3.8, 4) is 0 Å². The van der Waals surface area contributed by atoms with Gasteiger partial charge in [0.2, 0.25) is 15.9 Å². The van der Waals surface area contributed by atoms with Crippen LogP contribution in [-0.2, 0) is 29.1 Å². The fourth-order valence-corrected chi connectivity index (χ4v) is 5.09. The number of ether oxygens (including phenoxy) is 1. The molecule has 0 radical (unpaired) electrons. The summed E-state index contributed by atoms with van der Waals surface area (Å²) in [7, 11) is -2.27. The zero-order valence-electron chi connectivity index (χ0n) is 16.0. The number of rotatable bonds is 7. The molecule has 13 heteroatoms. The molecule has 2 amide bonds. The Bertz CT molecular complexity index is 1040. The molecular weight excluding hydrogens is 436 g/mol. The predicted octanol–water partition coefficient (Wildman–Crippen LogP) is -0.600. The molecule has 162 valence electrons. The number of aliphatic carboxylic acids is 1. The second kappa shape index (κ2) is 8.16. The zero-order valence-corrected chi connectivity index (χ0v) is 17.6. The molecule has 2 aliphatic rings. The van der Waals surface area contributed by atoms with Crippen LogP contribution in [0.25, 0.3) is 0 Å². The number of sulfonamides is 1. The second-order valence-electron chi connectivity index (χ2n) is 6.62. The van der Waals surface area contributed by atoms with Gasteiger partial charge in [-0.1, -0.05) is 18.2 Å². The van der Waals surface area contributed by atoms with Gasteiger partial charge in [-0.2, -0.15) is 0 Å². The number of anilines is 1. The van der Waals surface area contributed by atoms with Crippen molar-refractivity contribution < 1.29 is 32.6 Å². The Labute approximate surface area is 176 Å². The summed E-state index contributed by atoms with van der Waals surface area (Å²) in [6, 6.07) is 3.93. The average molecular weight is 457 g/mol. The van der Waals surface area contributed by atoms with Crippen LogP contribution in [0, 0.1) is 0 Å². The van der Waals surface area contributed by atoms with Crippen molar-refractivity contribution in [1.82, 2.24) is 10.2 Å². The van der Waals surface area contributed by atoms with Crippen molar-refractivity contribution in [2.24, 2.45) is 5.73 Å². The number of benzene rings is 1. The van der Waals surface area contributed by atoms with E-state index < -0.39 is 45.3 Å². The van der Waals surface area contributed by atoms with Crippen LogP contribution in [0.5, 0.6) is 0 Å². The summed E-state index contributed by atoms with van der Waals surface area (Å²) in [5, 5.41) is 11.3. The van der Waals surface area contributed by atoms with Gasteiger partial charge in [-0.3, -0.25) is 19.2 Å². The van der Waals surface area contributed by atoms with Crippen molar-refractivity contribution in [3.05, 3.63) is 41.3 Å². The Hall–Kier alpha value is -2.77. The first-order chi connectivity index (χ1) is 14.0. The topological polar surface area (TPSA) is 168 Å². The Morgan fingerprint density at radius 2 is 2.03 bits per heavy atom. The van der Waals surface area contributed by atoms with Crippen molar-refractivity contribution in [1.29, 1.82) is 0 Å². The number of β-lactam (4-membered cyclic amide) rings is 1. The normalized spacial score (nSPS) is 22.0. The maximum atomic E-state index is 12.7. The molecule has 0 bridgehead atoms. The van der Waals surface area contributed by atoms with E-state index in [-0.39, 0.29) is 28.5 Å². The number of carboxylic acid groups (broad SMARTS) is 1. The summed E-state index contributed by atoms with van der Waals surface area (Å²) in [6.07, 6.45) is 0.971. The lowest BCUT2D eigenvalue weighted by atomic mass is 10.0. The van der Waals surface area contributed by atoms with Crippen molar-refractivity contribution in [2.45, 2.75) is 17.5 Å². The summed E-state index contributed by atoms with van der Waals surface area (Å²) >= 11 is 1.25. The van der Waals surface area contributed by atoms with Crippen LogP contribution in [0.1, 0.15) is 11.6 Å². The third-order valence-corrected chi connectivity index (χ3v) is 6.40. The number of thioether (sulfide) groups is 1. The number of nitrogens with two attached hydrogens (primary N) is 1. The van der Waals surface area contributed by atoms with Gasteiger partial charge in [-0.15, -0.1) is 11.8 Å². The van der Waals surface area contributed by atoms with Gasteiger partial charge in [0.1, 0.15) is 23.2 Å². The van der Waals surface area contributed by atoms with E-state index in [1.165, 1.54) is 31.0 Å². The summed E-state index contributed by atoms with van der Waals surface area (Å²) in [5.74, 6) is -2.20. The summed E-state index contributed by atoms with van der Waals surface area (Å²) < 4.78 is 30.4. The minimum Gasteiger partial charge on any atom is -0.498 e. The number of methoxy groups -OCH3 is 1. The van der Waals surface area contributed by atoms with Crippen molar-refractivity contribution >= 4 is 45.3 Å². The number of carbonyl (C=O) groups excluding carboxylic acids is 2. The zero-order chi connectivity index (χ0) is 22.2. The number of fused-ring (bicyclic) bond motifs is 1. The van der Waals surface area contributed by atoms with E-state index in [9.17, 15) is 27.9 Å². The number of nitrogens with zero attached hydrogens (tertiary/aromatic N) is 1. The first kappa shape index (κ1) is 21.9. The van der Waals surface area contributed by atoms with Crippen LogP contribution < -0.4 is 15.8 Å². The van der Waals surface area contributed by atoms with E-state index in [0.29, 0.717) is 0 Å². The molecular formula is C17H20N4O7S2. The lowest BCUT2D eigenvalue weighted by molar-refractivity contribution is -0.151. The third kappa shape index (κ3) is 4.08. The number of carbonyl (C=O) groups is 3. The molecule has 11 nitrogen and oxygen atoms in total. The number of amides is 2. The number of carboxylic acids is 1. The maximum Gasteiger partial charge on any atom is 0.356 e. The molecule has 1 saturated heterocycles. The lowest BCUT2D eigenvalue weighted by Gasteiger charge is -2.49. The molecule has 3 atom stereocenters. The quantitative estimate of drug-likeness (QED) is 0.392. The Morgan fingerprint density at radius 3 is 2.63 bits per heavy atom. The van der Waals surface area contributed by atoms with Gasteiger partial charge in [-0.05, 0) is 6.07 Å². The summed E-state index contributed by atoms with van der Waals surface area (Å²) in [4.78, 5) is 37.8. The standard InChI is InChI=1S/C17H20N4O7S2/c1-28-10-7-29-16-12(15(23)21(16)13(10)17(24)25)19-14(22)11(18)8-5-3-4-6-9(8)20-30(2,26)27/h3-6,11-12,16,20H,7,18H2,1-2H3,(H,19,22)(H,24,25)/t11?,12-,16+/m1/s1.